The number of unbranched alkanes of at least 4 members (excludes halogenated alkanes) is 36. The molecule has 9 heteroatoms. The Balaban J connectivity index is 2.04. The van der Waals surface area contributed by atoms with Crippen molar-refractivity contribution in [3.05, 3.63) is 85.1 Å². The molecule has 1 heterocycles. The Kier molecular flexibility index (Phi) is 56.1. The van der Waals surface area contributed by atoms with Crippen LogP contribution in [0.4, 0.5) is 0 Å². The van der Waals surface area contributed by atoms with Crippen LogP contribution in [0.3, 0.4) is 0 Å². The lowest BCUT2D eigenvalue weighted by molar-refractivity contribution is -0.302. The molecule has 0 aromatic heterocycles. The predicted molar refractivity (Wildman–Crippen MR) is 341 cm³/mol. The first-order valence-corrected chi connectivity index (χ1v) is 33.8. The van der Waals surface area contributed by atoms with Crippen molar-refractivity contribution in [1.29, 1.82) is 0 Å². The predicted octanol–water partition coefficient (Wildman–Crippen LogP) is 18.1. The van der Waals surface area contributed by atoms with E-state index in [2.05, 4.69) is 92.1 Å². The molecule has 0 saturated carbocycles. The van der Waals surface area contributed by atoms with Gasteiger partial charge in [-0.3, -0.25) is 4.79 Å². The second-order valence-electron chi connectivity index (χ2n) is 23.2. The van der Waals surface area contributed by atoms with Crippen molar-refractivity contribution in [3.8, 4) is 0 Å². The molecule has 9 nitrogen and oxygen atoms in total. The number of hydrogen-bond donors (Lipinski definition) is 6. The van der Waals surface area contributed by atoms with E-state index in [0.717, 1.165) is 77.0 Å². The number of carbonyl (C=O) groups excluding carboxylic acids is 1. The first-order chi connectivity index (χ1) is 39.3. The average Bonchev–Trinajstić information content (AvgIpc) is 3.46. The molecular formula is C71H127NO8. The summed E-state index contributed by atoms with van der Waals surface area (Å²) in [5.41, 5.74) is 0. The lowest BCUT2D eigenvalue weighted by Crippen LogP contribution is -2.60. The zero-order valence-electron chi connectivity index (χ0n) is 51.8. The highest BCUT2D eigenvalue weighted by Gasteiger charge is 2.44. The number of aliphatic hydroxyl groups excluding tert-OH is 5. The molecule has 1 amide bonds. The van der Waals surface area contributed by atoms with Crippen molar-refractivity contribution in [2.24, 2.45) is 0 Å². The van der Waals surface area contributed by atoms with Crippen LogP contribution in [0.25, 0.3) is 0 Å². The van der Waals surface area contributed by atoms with E-state index in [4.69, 9.17) is 9.47 Å². The molecule has 0 radical (unpaired) electrons. The van der Waals surface area contributed by atoms with E-state index in [-0.39, 0.29) is 12.5 Å². The molecule has 1 fully saturated rings. The Hall–Kier alpha value is -2.63. The number of amides is 1. The molecular weight excluding hydrogens is 995 g/mol. The van der Waals surface area contributed by atoms with Crippen LogP contribution >= 0.6 is 0 Å². The summed E-state index contributed by atoms with van der Waals surface area (Å²) < 4.78 is 11.3. The molecule has 0 bridgehead atoms. The molecule has 1 rings (SSSR count). The highest BCUT2D eigenvalue weighted by molar-refractivity contribution is 5.76. The van der Waals surface area contributed by atoms with Crippen molar-refractivity contribution in [2.45, 2.75) is 346 Å². The van der Waals surface area contributed by atoms with Gasteiger partial charge in [0.2, 0.25) is 5.91 Å². The van der Waals surface area contributed by atoms with Gasteiger partial charge in [0.05, 0.1) is 25.4 Å². The maximum atomic E-state index is 13.1. The number of aliphatic hydroxyl groups is 5. The fourth-order valence-corrected chi connectivity index (χ4v) is 10.4. The normalized spacial score (nSPS) is 19.0. The van der Waals surface area contributed by atoms with Crippen LogP contribution in [0.5, 0.6) is 0 Å². The lowest BCUT2D eigenvalue weighted by Gasteiger charge is -2.40. The topological polar surface area (TPSA) is 149 Å². The van der Waals surface area contributed by atoms with Crippen molar-refractivity contribution in [1.82, 2.24) is 5.32 Å². The highest BCUT2D eigenvalue weighted by atomic mass is 16.7. The molecule has 0 aromatic carbocycles. The van der Waals surface area contributed by atoms with Crippen LogP contribution in [-0.2, 0) is 14.3 Å². The van der Waals surface area contributed by atoms with Gasteiger partial charge in [-0.2, -0.15) is 0 Å². The minimum absolute atomic E-state index is 0.188. The van der Waals surface area contributed by atoms with Gasteiger partial charge in [-0.1, -0.05) is 298 Å². The molecule has 0 aliphatic carbocycles. The third-order valence-electron chi connectivity index (χ3n) is 15.7. The van der Waals surface area contributed by atoms with Gasteiger partial charge in [-0.15, -0.1) is 0 Å². The molecule has 0 aromatic rings. The zero-order valence-corrected chi connectivity index (χ0v) is 51.8. The summed E-state index contributed by atoms with van der Waals surface area (Å²) in [5, 5.41) is 54.5. The minimum Gasteiger partial charge on any atom is -0.394 e. The van der Waals surface area contributed by atoms with Crippen LogP contribution in [0.1, 0.15) is 303 Å². The molecule has 7 atom stereocenters. The second kappa shape index (κ2) is 59.5. The van der Waals surface area contributed by atoms with E-state index in [0.29, 0.717) is 6.42 Å². The van der Waals surface area contributed by atoms with Gasteiger partial charge in [-0.25, -0.2) is 0 Å². The third kappa shape index (κ3) is 47.8. The van der Waals surface area contributed by atoms with Gasteiger partial charge in [0, 0.05) is 6.42 Å². The van der Waals surface area contributed by atoms with Crippen LogP contribution in [0.15, 0.2) is 85.1 Å². The van der Waals surface area contributed by atoms with Crippen molar-refractivity contribution >= 4 is 5.91 Å². The lowest BCUT2D eigenvalue weighted by atomic mass is 9.99. The van der Waals surface area contributed by atoms with E-state index in [9.17, 15) is 30.3 Å². The van der Waals surface area contributed by atoms with Gasteiger partial charge in [0.25, 0.3) is 0 Å². The number of rotatable bonds is 58. The maximum Gasteiger partial charge on any atom is 0.220 e. The highest BCUT2D eigenvalue weighted by Crippen LogP contribution is 2.23. The Morgan fingerprint density at radius 1 is 0.438 bits per heavy atom. The van der Waals surface area contributed by atoms with Crippen molar-refractivity contribution < 1.29 is 39.8 Å². The number of carbonyl (C=O) groups is 1. The van der Waals surface area contributed by atoms with E-state index in [1.165, 1.54) is 205 Å². The molecule has 6 N–H and O–H groups in total. The fraction of sp³-hybridized carbons (Fsp3) is 0.789. The summed E-state index contributed by atoms with van der Waals surface area (Å²) in [6.45, 7) is 3.65. The van der Waals surface area contributed by atoms with Crippen LogP contribution in [0.2, 0.25) is 0 Å². The molecule has 1 aliphatic heterocycles. The Morgan fingerprint density at radius 3 is 1.20 bits per heavy atom. The average molecular weight is 1120 g/mol. The minimum atomic E-state index is -1.58. The largest absolute Gasteiger partial charge is 0.394 e. The van der Waals surface area contributed by atoms with Gasteiger partial charge in [0.15, 0.2) is 6.29 Å². The summed E-state index contributed by atoms with van der Waals surface area (Å²) in [5.74, 6) is -0.188. The Bertz CT molecular complexity index is 1540. The third-order valence-corrected chi connectivity index (χ3v) is 15.7. The SMILES string of the molecule is CC/C=C\C/C=C\C/C=C\C/C=C\CCCCCCCCCCCCCCCCCCCCCCCCCCCCCCC(=O)NC(COC1OC(CO)C(O)C(O)C1O)C(O)/C=C/CC/C=C/CC/C=C/CCCCCCCC. The summed E-state index contributed by atoms with van der Waals surface area (Å²) in [6.07, 6.45) is 78.5. The van der Waals surface area contributed by atoms with Crippen LogP contribution in [-0.4, -0.2) is 87.5 Å². The summed E-state index contributed by atoms with van der Waals surface area (Å²) in [6, 6.07) is -0.829. The summed E-state index contributed by atoms with van der Waals surface area (Å²) >= 11 is 0. The Labute approximate surface area is 492 Å². The number of ether oxygens (including phenoxy) is 2. The molecule has 0 spiro atoms. The molecule has 1 saturated heterocycles. The monoisotopic (exact) mass is 1120 g/mol. The van der Waals surface area contributed by atoms with E-state index in [1.807, 2.05) is 6.08 Å². The summed E-state index contributed by atoms with van der Waals surface area (Å²) in [4.78, 5) is 13.1. The van der Waals surface area contributed by atoms with E-state index in [1.54, 1.807) is 6.08 Å². The maximum absolute atomic E-state index is 13.1. The van der Waals surface area contributed by atoms with Crippen molar-refractivity contribution in [3.63, 3.8) is 0 Å². The van der Waals surface area contributed by atoms with Crippen LogP contribution in [0, 0.1) is 0 Å². The van der Waals surface area contributed by atoms with Crippen LogP contribution < -0.4 is 5.32 Å². The van der Waals surface area contributed by atoms with Gasteiger partial charge in [0.1, 0.15) is 24.4 Å². The fourth-order valence-electron chi connectivity index (χ4n) is 10.4. The first kappa shape index (κ1) is 75.4. The Morgan fingerprint density at radius 2 is 0.787 bits per heavy atom. The van der Waals surface area contributed by atoms with Gasteiger partial charge < -0.3 is 40.3 Å². The quantitative estimate of drug-likeness (QED) is 0.0261. The van der Waals surface area contributed by atoms with Crippen molar-refractivity contribution in [2.75, 3.05) is 13.2 Å². The van der Waals surface area contributed by atoms with E-state index >= 15 is 0 Å². The summed E-state index contributed by atoms with van der Waals surface area (Å²) in [7, 11) is 0. The standard InChI is InChI=1S/C71H127NO8/c1-3-5-7-9-11-13-15-17-19-21-22-23-24-25-26-27-28-29-30-31-32-33-34-35-36-37-38-39-40-41-42-43-44-45-47-49-51-53-55-57-59-61-67(75)72-64(63-79-71-70(78)69(77)68(76)66(62-73)80-71)65(74)60-58-56-54-52-50-48-46-20-18-16-14-12-10-8-6-4-2/h5,7,11,13,17-20,22-23,50,52,58,60,64-66,68-71,73-74,76-78H,3-4,6,8-10,12,14-16,21,24-49,51,53-57,59,61-63H2,1-2H3,(H,72,75)/b7-5-,13-11-,19-17-,20-18+,23-22-,52-50+,60-58+. The molecule has 80 heavy (non-hydrogen) atoms. The second-order valence-corrected chi connectivity index (χ2v) is 23.2. The van der Waals surface area contributed by atoms with Gasteiger partial charge >= 0.3 is 0 Å². The number of allylic oxidation sites excluding steroid dienone is 13. The first-order valence-electron chi connectivity index (χ1n) is 33.8. The number of nitrogens with one attached hydrogen (secondary N) is 1. The van der Waals surface area contributed by atoms with E-state index < -0.39 is 49.5 Å². The zero-order chi connectivity index (χ0) is 57.9. The molecule has 464 valence electrons. The van der Waals surface area contributed by atoms with Gasteiger partial charge in [-0.05, 0) is 83.5 Å². The molecule has 1 aliphatic rings. The smallest absolute Gasteiger partial charge is 0.220 e. The number of hydrogen-bond acceptors (Lipinski definition) is 8. The molecule has 7 unspecified atom stereocenters.